The summed E-state index contributed by atoms with van der Waals surface area (Å²) in [6.45, 7) is 0. The molecule has 0 bridgehead atoms. The van der Waals surface area contributed by atoms with Gasteiger partial charge in [-0.3, -0.25) is 25.0 Å². The first kappa shape index (κ1) is 24.9. The summed E-state index contributed by atoms with van der Waals surface area (Å²) in [6.07, 6.45) is 1.17. The van der Waals surface area contributed by atoms with Crippen LogP contribution in [-0.2, 0) is 10.0 Å². The van der Waals surface area contributed by atoms with Crippen molar-refractivity contribution in [2.75, 3.05) is 5.32 Å². The Balaban J connectivity index is 1.54. The highest BCUT2D eigenvalue weighted by atomic mass is 32.2. The van der Waals surface area contributed by atoms with Gasteiger partial charge < -0.3 is 5.32 Å². The fourth-order valence-electron chi connectivity index (χ4n) is 3.41. The Morgan fingerprint density at radius 2 is 1.43 bits per heavy atom. The average molecular weight is 519 g/mol. The number of fused-ring (bicyclic) bond motifs is 1. The number of anilines is 1. The molecule has 4 rings (SSSR count). The Kier molecular flexibility index (Phi) is 6.88. The second-order valence-corrected chi connectivity index (χ2v) is 9.32. The number of hydrogen-bond acceptors (Lipinski definition) is 8. The highest BCUT2D eigenvalue weighted by Gasteiger charge is 2.20. The SMILES string of the molecule is O=C(Nc1ccccc1/C=N/NS(=O)(=O)c1ccc2ccccc2c1)c1cc([N+](=O)[O-])cc([N+](=O)[O-])c1. The number of nitrogens with one attached hydrogen (secondary N) is 2. The average Bonchev–Trinajstić information content (AvgIpc) is 2.89. The van der Waals surface area contributed by atoms with Crippen LogP contribution in [0.3, 0.4) is 0 Å². The number of hydrogen-bond donors (Lipinski definition) is 2. The van der Waals surface area contributed by atoms with E-state index in [1.54, 1.807) is 36.4 Å². The number of non-ortho nitro benzene ring substituents is 2. The number of benzene rings is 4. The number of carbonyl (C=O) groups excluding carboxylic acids is 1. The van der Waals surface area contributed by atoms with E-state index in [4.69, 9.17) is 0 Å². The van der Waals surface area contributed by atoms with Gasteiger partial charge in [0.25, 0.3) is 27.3 Å². The van der Waals surface area contributed by atoms with E-state index in [9.17, 15) is 33.4 Å². The highest BCUT2D eigenvalue weighted by Crippen LogP contribution is 2.24. The number of hydrazone groups is 1. The molecule has 4 aromatic carbocycles. The number of nitro groups is 2. The molecule has 37 heavy (non-hydrogen) atoms. The van der Waals surface area contributed by atoms with E-state index in [0.29, 0.717) is 5.56 Å². The van der Waals surface area contributed by atoms with Crippen LogP contribution in [0.4, 0.5) is 17.1 Å². The molecule has 0 unspecified atom stereocenters. The summed E-state index contributed by atoms with van der Waals surface area (Å²) in [5.74, 6) is -0.843. The van der Waals surface area contributed by atoms with E-state index >= 15 is 0 Å². The van der Waals surface area contributed by atoms with Gasteiger partial charge in [-0.15, -0.1) is 0 Å². The first-order valence-electron chi connectivity index (χ1n) is 10.5. The normalized spacial score (nSPS) is 11.4. The Labute approximate surface area is 209 Å². The van der Waals surface area contributed by atoms with Gasteiger partial charge in [0, 0.05) is 23.4 Å². The van der Waals surface area contributed by atoms with E-state index in [2.05, 4.69) is 15.2 Å². The summed E-state index contributed by atoms with van der Waals surface area (Å²) in [4.78, 5) is 35.4. The van der Waals surface area contributed by atoms with Gasteiger partial charge in [0.05, 0.1) is 32.6 Å². The predicted molar refractivity (Wildman–Crippen MR) is 136 cm³/mol. The third-order valence-electron chi connectivity index (χ3n) is 5.20. The van der Waals surface area contributed by atoms with Crippen LogP contribution in [0.2, 0.25) is 0 Å². The van der Waals surface area contributed by atoms with Crippen LogP contribution in [0.15, 0.2) is 94.9 Å². The maximum atomic E-state index is 12.7. The molecule has 0 atom stereocenters. The molecule has 0 heterocycles. The van der Waals surface area contributed by atoms with Crippen molar-refractivity contribution >= 4 is 50.0 Å². The minimum absolute atomic E-state index is 0.0113. The van der Waals surface area contributed by atoms with Gasteiger partial charge in [-0.2, -0.15) is 13.5 Å². The van der Waals surface area contributed by atoms with Gasteiger partial charge in [0.15, 0.2) is 0 Å². The molecule has 0 spiro atoms. The molecule has 13 heteroatoms. The maximum absolute atomic E-state index is 12.7. The van der Waals surface area contributed by atoms with E-state index < -0.39 is 37.2 Å². The fourth-order valence-corrected chi connectivity index (χ4v) is 4.23. The molecule has 0 aliphatic rings. The van der Waals surface area contributed by atoms with Gasteiger partial charge in [-0.25, -0.2) is 4.83 Å². The third kappa shape index (κ3) is 5.74. The zero-order chi connectivity index (χ0) is 26.6. The van der Waals surface area contributed by atoms with Gasteiger partial charge in [0.1, 0.15) is 0 Å². The van der Waals surface area contributed by atoms with Crippen LogP contribution < -0.4 is 10.1 Å². The van der Waals surface area contributed by atoms with Crippen molar-refractivity contribution in [1.82, 2.24) is 4.83 Å². The maximum Gasteiger partial charge on any atom is 0.277 e. The first-order valence-corrected chi connectivity index (χ1v) is 12.0. The molecule has 1 amide bonds. The molecule has 2 N–H and O–H groups in total. The van der Waals surface area contributed by atoms with Crippen LogP contribution in [0.25, 0.3) is 10.8 Å². The number of amides is 1. The molecule has 0 aliphatic carbocycles. The fraction of sp³-hybridized carbons (Fsp3) is 0. The number of para-hydroxylation sites is 1. The Hall–Kier alpha value is -5.17. The molecule has 0 aromatic heterocycles. The molecule has 0 fully saturated rings. The molecular formula is C24H17N5O7S. The second-order valence-electron chi connectivity index (χ2n) is 7.66. The smallest absolute Gasteiger partial charge is 0.277 e. The lowest BCUT2D eigenvalue weighted by molar-refractivity contribution is -0.394. The molecule has 0 saturated heterocycles. The minimum atomic E-state index is -3.99. The lowest BCUT2D eigenvalue weighted by Gasteiger charge is -2.09. The summed E-state index contributed by atoms with van der Waals surface area (Å²) in [5.41, 5.74) is -1.04. The lowest BCUT2D eigenvalue weighted by atomic mass is 10.1. The van der Waals surface area contributed by atoms with Crippen LogP contribution in [0, 0.1) is 20.2 Å². The van der Waals surface area contributed by atoms with Crippen LogP contribution in [0.5, 0.6) is 0 Å². The van der Waals surface area contributed by atoms with Crippen molar-refractivity contribution in [1.29, 1.82) is 0 Å². The van der Waals surface area contributed by atoms with E-state index in [0.717, 1.165) is 29.0 Å². The number of nitrogens with zero attached hydrogens (tertiary/aromatic N) is 3. The van der Waals surface area contributed by atoms with Crippen molar-refractivity contribution in [2.45, 2.75) is 4.90 Å². The van der Waals surface area contributed by atoms with Crippen LogP contribution in [-0.4, -0.2) is 30.4 Å². The quantitative estimate of drug-likeness (QED) is 0.199. The number of nitro benzene ring substituents is 2. The van der Waals surface area contributed by atoms with Crippen molar-refractivity contribution < 1.29 is 23.1 Å². The molecule has 0 radical (unpaired) electrons. The Morgan fingerprint density at radius 1 is 0.811 bits per heavy atom. The van der Waals surface area contributed by atoms with Crippen LogP contribution >= 0.6 is 0 Å². The summed E-state index contributed by atoms with van der Waals surface area (Å²) in [7, 11) is -3.99. The van der Waals surface area contributed by atoms with Crippen molar-refractivity contribution in [2.24, 2.45) is 5.10 Å². The summed E-state index contributed by atoms with van der Waals surface area (Å²) < 4.78 is 25.4. The zero-order valence-corrected chi connectivity index (χ0v) is 19.6. The summed E-state index contributed by atoms with van der Waals surface area (Å²) >= 11 is 0. The van der Waals surface area contributed by atoms with Crippen molar-refractivity contribution in [3.63, 3.8) is 0 Å². The molecular weight excluding hydrogens is 502 g/mol. The molecule has 0 saturated carbocycles. The van der Waals surface area contributed by atoms with E-state index in [1.807, 2.05) is 12.1 Å². The third-order valence-corrected chi connectivity index (χ3v) is 6.42. The largest absolute Gasteiger partial charge is 0.321 e. The van der Waals surface area contributed by atoms with Gasteiger partial charge in [-0.05, 0) is 29.0 Å². The molecule has 12 nitrogen and oxygen atoms in total. The summed E-state index contributed by atoms with van der Waals surface area (Å²) in [6, 6.07) is 20.7. The number of rotatable bonds is 8. The second kappa shape index (κ2) is 10.2. The highest BCUT2D eigenvalue weighted by molar-refractivity contribution is 7.89. The topological polar surface area (TPSA) is 174 Å². The van der Waals surface area contributed by atoms with Crippen molar-refractivity contribution in [3.05, 3.63) is 116 Å². The molecule has 4 aromatic rings. The lowest BCUT2D eigenvalue weighted by Crippen LogP contribution is -2.18. The minimum Gasteiger partial charge on any atom is -0.321 e. The standard InChI is InChI=1S/C24H17N5O7S/c30-24(19-11-20(28(31)32)14-21(12-19)29(33)34)26-23-8-4-3-7-18(23)15-25-27-37(35,36)22-10-9-16-5-1-2-6-17(16)13-22/h1-15,27H,(H,26,30)/b25-15+. The van der Waals surface area contributed by atoms with Gasteiger partial charge in [0.2, 0.25) is 0 Å². The Morgan fingerprint density at radius 3 is 2.11 bits per heavy atom. The number of carbonyl (C=O) groups is 1. The Bertz CT molecular complexity index is 1650. The zero-order valence-electron chi connectivity index (χ0n) is 18.8. The van der Waals surface area contributed by atoms with E-state index in [-0.39, 0.29) is 16.1 Å². The first-order chi connectivity index (χ1) is 17.6. The molecule has 0 aliphatic heterocycles. The van der Waals surface area contributed by atoms with E-state index in [1.165, 1.54) is 24.4 Å². The van der Waals surface area contributed by atoms with Gasteiger partial charge in [-0.1, -0.05) is 48.5 Å². The van der Waals surface area contributed by atoms with Crippen molar-refractivity contribution in [3.8, 4) is 0 Å². The predicted octanol–water partition coefficient (Wildman–Crippen LogP) is 4.22. The summed E-state index contributed by atoms with van der Waals surface area (Å²) in [5, 5.41) is 30.1. The number of sulfonamides is 1. The monoisotopic (exact) mass is 519 g/mol. The van der Waals surface area contributed by atoms with Crippen LogP contribution in [0.1, 0.15) is 15.9 Å². The molecule has 186 valence electrons. The van der Waals surface area contributed by atoms with Gasteiger partial charge >= 0.3 is 0 Å².